The first-order valence-electron chi connectivity index (χ1n) is 9.18. The molecule has 158 valence electrons. The lowest BCUT2D eigenvalue weighted by Crippen LogP contribution is -2.30. The van der Waals surface area contributed by atoms with Crippen LogP contribution in [0.1, 0.15) is 5.56 Å². The van der Waals surface area contributed by atoms with Crippen LogP contribution >= 0.6 is 15.9 Å². The first-order chi connectivity index (χ1) is 15.0. The van der Waals surface area contributed by atoms with Crippen molar-refractivity contribution < 1.29 is 28.2 Å². The molecule has 0 unspecified atom stereocenters. The zero-order valence-electron chi connectivity index (χ0n) is 16.2. The van der Waals surface area contributed by atoms with Crippen molar-refractivity contribution in [1.29, 1.82) is 0 Å². The summed E-state index contributed by atoms with van der Waals surface area (Å²) < 4.78 is 30.6. The largest absolute Gasteiger partial charge is 0.496 e. The van der Waals surface area contributed by atoms with Crippen LogP contribution in [-0.4, -0.2) is 34.3 Å². The molecule has 1 N–H and O–H groups in total. The van der Waals surface area contributed by atoms with Crippen molar-refractivity contribution in [2.45, 2.75) is 12.5 Å². The second-order valence-corrected chi connectivity index (χ2v) is 7.36. The summed E-state index contributed by atoms with van der Waals surface area (Å²) in [5.41, 5.74) is 1.50. The van der Waals surface area contributed by atoms with Gasteiger partial charge in [-0.1, -0.05) is 18.2 Å². The highest BCUT2D eigenvalue weighted by atomic mass is 79.9. The number of carboxylic acid groups (broad SMARTS) is 1. The van der Waals surface area contributed by atoms with E-state index in [0.29, 0.717) is 32.5 Å². The number of hydrogen-bond donors (Lipinski definition) is 1. The van der Waals surface area contributed by atoms with Crippen molar-refractivity contribution in [3.8, 4) is 23.0 Å². The minimum Gasteiger partial charge on any atom is -0.496 e. The molecule has 2 aromatic carbocycles. The normalized spacial score (nSPS) is 12.0. The molecule has 0 saturated carbocycles. The van der Waals surface area contributed by atoms with Crippen molar-refractivity contribution in [2.24, 2.45) is 0 Å². The Bertz CT molecular complexity index is 1240. The maximum absolute atomic E-state index is 13.3. The minimum absolute atomic E-state index is 0.0521. The van der Waals surface area contributed by atoms with E-state index in [1.807, 2.05) is 0 Å². The van der Waals surface area contributed by atoms with Gasteiger partial charge >= 0.3 is 5.97 Å². The first-order valence-corrected chi connectivity index (χ1v) is 9.97. The number of rotatable bonds is 7. The lowest BCUT2D eigenvalue weighted by molar-refractivity contribution is -0.145. The number of hydrogen-bond acceptors (Lipinski definition) is 6. The van der Waals surface area contributed by atoms with E-state index in [9.17, 15) is 14.3 Å². The molecule has 2 heterocycles. The fraction of sp³-hybridized carbons (Fsp3) is 0.136. The Kier molecular flexibility index (Phi) is 5.85. The SMILES string of the molecule is COc1ccccc1C[C@@H](Oc1ncnc2oc(-c3ccc(F)cc3)c(Br)c12)C(=O)O. The van der Waals surface area contributed by atoms with Gasteiger partial charge in [0.2, 0.25) is 17.7 Å². The molecule has 1 atom stereocenters. The number of halogens is 2. The Morgan fingerprint density at radius 2 is 1.94 bits per heavy atom. The average Bonchev–Trinajstić information content (AvgIpc) is 3.11. The van der Waals surface area contributed by atoms with Crippen LogP contribution in [0.5, 0.6) is 11.6 Å². The quantitative estimate of drug-likeness (QED) is 0.397. The van der Waals surface area contributed by atoms with E-state index in [0.717, 1.165) is 0 Å². The van der Waals surface area contributed by atoms with Crippen LogP contribution in [-0.2, 0) is 11.2 Å². The van der Waals surface area contributed by atoms with Gasteiger partial charge in [-0.25, -0.2) is 19.2 Å². The van der Waals surface area contributed by atoms with Crippen LogP contribution < -0.4 is 9.47 Å². The summed E-state index contributed by atoms with van der Waals surface area (Å²) in [7, 11) is 1.52. The van der Waals surface area contributed by atoms with Gasteiger partial charge in [0.25, 0.3) is 0 Å². The third-order valence-corrected chi connectivity index (χ3v) is 5.39. The Hall–Kier alpha value is -3.46. The molecule has 4 rings (SSSR count). The number of aromatic nitrogens is 2. The molecule has 0 bridgehead atoms. The second-order valence-electron chi connectivity index (χ2n) is 6.57. The van der Waals surface area contributed by atoms with Crippen LogP contribution in [0.15, 0.2) is 63.7 Å². The number of carboxylic acids is 1. The van der Waals surface area contributed by atoms with Crippen molar-refractivity contribution >= 4 is 33.0 Å². The second kappa shape index (κ2) is 8.73. The summed E-state index contributed by atoms with van der Waals surface area (Å²) >= 11 is 3.46. The lowest BCUT2D eigenvalue weighted by Gasteiger charge is -2.16. The highest BCUT2D eigenvalue weighted by molar-refractivity contribution is 9.10. The third kappa shape index (κ3) is 4.22. The number of furan rings is 1. The standard InChI is InChI=1S/C22H16BrFN2O5/c1-29-15-5-3-2-4-13(15)10-16(22(27)28)30-20-17-18(23)19(31-21(17)26-11-25-20)12-6-8-14(24)9-7-12/h2-9,11,16H,10H2,1H3,(H,27,28)/t16-/m1/s1. The number of methoxy groups -OCH3 is 1. The molecule has 0 aliphatic carbocycles. The number of fused-ring (bicyclic) bond motifs is 1. The van der Waals surface area contributed by atoms with Crippen LogP contribution in [0, 0.1) is 5.82 Å². The van der Waals surface area contributed by atoms with E-state index < -0.39 is 12.1 Å². The predicted molar refractivity (Wildman–Crippen MR) is 114 cm³/mol. The van der Waals surface area contributed by atoms with Gasteiger partial charge in [-0.15, -0.1) is 0 Å². The molecule has 0 spiro atoms. The van der Waals surface area contributed by atoms with Crippen molar-refractivity contribution in [3.05, 3.63) is 70.7 Å². The molecule has 0 aliphatic heterocycles. The average molecular weight is 487 g/mol. The lowest BCUT2D eigenvalue weighted by atomic mass is 10.1. The summed E-state index contributed by atoms with van der Waals surface area (Å²) in [5.74, 6) is -0.516. The van der Waals surface area contributed by atoms with E-state index in [2.05, 4.69) is 25.9 Å². The van der Waals surface area contributed by atoms with E-state index in [-0.39, 0.29) is 23.8 Å². The van der Waals surface area contributed by atoms with Gasteiger partial charge in [0.15, 0.2) is 5.76 Å². The molecule has 7 nitrogen and oxygen atoms in total. The number of carbonyl (C=O) groups is 1. The molecule has 31 heavy (non-hydrogen) atoms. The van der Waals surface area contributed by atoms with E-state index in [1.54, 1.807) is 36.4 Å². The van der Waals surface area contributed by atoms with Crippen molar-refractivity contribution in [2.75, 3.05) is 7.11 Å². The van der Waals surface area contributed by atoms with Crippen LogP contribution in [0.4, 0.5) is 4.39 Å². The van der Waals surface area contributed by atoms with Gasteiger partial charge in [-0.05, 0) is 51.8 Å². The van der Waals surface area contributed by atoms with Gasteiger partial charge in [0.05, 0.1) is 11.6 Å². The molecule has 2 aromatic heterocycles. The molecule has 9 heteroatoms. The molecule has 0 aliphatic rings. The van der Waals surface area contributed by atoms with Crippen LogP contribution in [0.3, 0.4) is 0 Å². The Morgan fingerprint density at radius 3 is 2.65 bits per heavy atom. The molecular formula is C22H16BrFN2O5. The van der Waals surface area contributed by atoms with Gasteiger partial charge in [0.1, 0.15) is 23.3 Å². The topological polar surface area (TPSA) is 94.7 Å². The van der Waals surface area contributed by atoms with Gasteiger partial charge < -0.3 is 19.0 Å². The fourth-order valence-corrected chi connectivity index (χ4v) is 3.79. The number of nitrogens with zero attached hydrogens (tertiary/aromatic N) is 2. The summed E-state index contributed by atoms with van der Waals surface area (Å²) in [5, 5.41) is 10.1. The van der Waals surface area contributed by atoms with Gasteiger partial charge in [-0.3, -0.25) is 0 Å². The van der Waals surface area contributed by atoms with Gasteiger partial charge in [-0.2, -0.15) is 0 Å². The van der Waals surface area contributed by atoms with Crippen molar-refractivity contribution in [1.82, 2.24) is 9.97 Å². The van der Waals surface area contributed by atoms with Crippen molar-refractivity contribution in [3.63, 3.8) is 0 Å². The highest BCUT2D eigenvalue weighted by Gasteiger charge is 2.26. The number of ether oxygens (including phenoxy) is 2. The summed E-state index contributed by atoms with van der Waals surface area (Å²) in [6, 6.07) is 12.9. The van der Waals surface area contributed by atoms with Crippen LogP contribution in [0.25, 0.3) is 22.4 Å². The zero-order valence-corrected chi connectivity index (χ0v) is 17.8. The number of para-hydroxylation sites is 1. The molecule has 0 radical (unpaired) electrons. The number of aliphatic carboxylic acids is 1. The fourth-order valence-electron chi connectivity index (χ4n) is 3.14. The van der Waals surface area contributed by atoms with E-state index in [4.69, 9.17) is 13.9 Å². The predicted octanol–water partition coefficient (Wildman–Crippen LogP) is 4.87. The molecule has 0 amide bonds. The zero-order chi connectivity index (χ0) is 22.0. The van der Waals surface area contributed by atoms with Crippen LogP contribution in [0.2, 0.25) is 0 Å². The molecule has 4 aromatic rings. The number of benzene rings is 2. The maximum atomic E-state index is 13.3. The first kappa shape index (κ1) is 20.8. The highest BCUT2D eigenvalue weighted by Crippen LogP contribution is 2.40. The molecule has 0 saturated heterocycles. The summed E-state index contributed by atoms with van der Waals surface area (Å²) in [6.07, 6.45) is 0.0559. The monoisotopic (exact) mass is 486 g/mol. The molecular weight excluding hydrogens is 471 g/mol. The van der Waals surface area contributed by atoms with Gasteiger partial charge in [0, 0.05) is 12.0 Å². The smallest absolute Gasteiger partial charge is 0.345 e. The Balaban J connectivity index is 1.71. The van der Waals surface area contributed by atoms with E-state index >= 15 is 0 Å². The third-order valence-electron chi connectivity index (χ3n) is 4.63. The maximum Gasteiger partial charge on any atom is 0.345 e. The molecule has 0 fully saturated rings. The minimum atomic E-state index is -1.23. The van der Waals surface area contributed by atoms with E-state index in [1.165, 1.54) is 25.6 Å². The summed E-state index contributed by atoms with van der Waals surface area (Å²) in [4.78, 5) is 20.1. The Labute approximate surface area is 184 Å². The Morgan fingerprint density at radius 1 is 1.19 bits per heavy atom. The summed E-state index contributed by atoms with van der Waals surface area (Å²) in [6.45, 7) is 0.